The first kappa shape index (κ1) is 54.5. The van der Waals surface area contributed by atoms with Crippen LogP contribution in [0.4, 0.5) is 119 Å². The zero-order valence-electron chi connectivity index (χ0n) is 30.3. The molecule has 30 heteroatoms. The average Bonchev–Trinajstić information content (AvgIpc) is 3.16. The van der Waals surface area contributed by atoms with Gasteiger partial charge in [0.05, 0.1) is 0 Å². The molecule has 4 aromatic rings. The Balaban J connectivity index is 2.77. The molecule has 366 valence electrons. The van der Waals surface area contributed by atoms with E-state index in [4.69, 9.17) is 34.8 Å². The predicted molar refractivity (Wildman–Crippen MR) is 177 cm³/mol. The Kier molecular flexibility index (Phi) is 13.4. The average molecular weight is 1060 g/mol. The fourth-order valence-corrected chi connectivity index (χ4v) is 6.38. The van der Waals surface area contributed by atoms with Crippen LogP contribution in [0.5, 0.6) is 0 Å². The molecule has 66 heavy (non-hydrogen) atoms. The smallest absolute Gasteiger partial charge is 0.194 e. The van der Waals surface area contributed by atoms with Gasteiger partial charge in [-0.15, -0.1) is 0 Å². The van der Waals surface area contributed by atoms with Crippen LogP contribution in [-0.4, -0.2) is 54.1 Å². The lowest BCUT2D eigenvalue weighted by Crippen LogP contribution is -2.62. The molecule has 0 spiro atoms. The molecular formula is C36H12Cl3F27. The van der Waals surface area contributed by atoms with Crippen LogP contribution >= 0.6 is 34.8 Å². The summed E-state index contributed by atoms with van der Waals surface area (Å²) in [5, 5.41) is -2.62. The van der Waals surface area contributed by atoms with Gasteiger partial charge in [0.15, 0.2) is 0 Å². The molecule has 0 unspecified atom stereocenters. The summed E-state index contributed by atoms with van der Waals surface area (Å²) < 4.78 is 405. The fraction of sp³-hybridized carbons (Fsp3) is 0.333. The van der Waals surface area contributed by atoms with E-state index in [1.807, 2.05) is 0 Å². The molecule has 0 nitrogen and oxygen atoms in total. The number of rotatable bonds is 12. The zero-order valence-corrected chi connectivity index (χ0v) is 32.5. The Bertz CT molecular complexity index is 2430. The van der Waals surface area contributed by atoms with Gasteiger partial charge in [0.25, 0.3) is 0 Å². The standard InChI is InChI=1S/C36H12Cl3F27/c37-16-7-1-13(2-8-16)19-20(14-3-9-17(38)10-4-14)23(26(42,43)29(48,49)32(54,55)35(61,62)63)24(27(44,45)30(50,51)33(56,57)36(64,65)66)21(15-5-11-18(39)12-6-15)22(19)25(40,41)28(46,47)31(52,53)34(58,59)60/h1-12H. The van der Waals surface area contributed by atoms with Crippen molar-refractivity contribution in [3.8, 4) is 33.4 Å². The maximum absolute atomic E-state index is 16.9. The second-order valence-corrected chi connectivity index (χ2v) is 14.7. The molecule has 0 radical (unpaired) electrons. The van der Waals surface area contributed by atoms with E-state index in [2.05, 4.69) is 0 Å². The summed E-state index contributed by atoms with van der Waals surface area (Å²) in [5.41, 5.74) is -30.4. The van der Waals surface area contributed by atoms with E-state index in [1.54, 1.807) is 0 Å². The van der Waals surface area contributed by atoms with Crippen LogP contribution in [0.1, 0.15) is 16.7 Å². The van der Waals surface area contributed by atoms with Gasteiger partial charge in [-0.3, -0.25) is 0 Å². The largest absolute Gasteiger partial charge is 0.460 e. The van der Waals surface area contributed by atoms with Crippen LogP contribution in [0.3, 0.4) is 0 Å². The summed E-state index contributed by atoms with van der Waals surface area (Å²) in [7, 11) is 0. The SMILES string of the molecule is FC(F)(F)C(F)(F)C(F)(F)C(F)(F)c1c(-c2ccc(Cl)cc2)c(-c2ccc(Cl)cc2)c(C(F)(F)C(F)(F)C(F)(F)C(F)(F)F)c(C(F)(F)C(F)(F)C(F)(F)C(F)(F)F)c1-c1ccc(Cl)cc1. The summed E-state index contributed by atoms with van der Waals surface area (Å²) in [4.78, 5) is 0. The Morgan fingerprint density at radius 2 is 0.409 bits per heavy atom. The van der Waals surface area contributed by atoms with Crippen LogP contribution in [0.25, 0.3) is 33.4 Å². The summed E-state index contributed by atoms with van der Waals surface area (Å²) in [5.74, 6) is -76.2. The molecule has 0 heterocycles. The second-order valence-electron chi connectivity index (χ2n) is 13.4. The van der Waals surface area contributed by atoms with Crippen molar-refractivity contribution in [2.24, 2.45) is 0 Å². The highest BCUT2D eigenvalue weighted by Gasteiger charge is 2.87. The molecule has 0 aliphatic carbocycles. The summed E-state index contributed by atoms with van der Waals surface area (Å²) in [6, 6.07) is -0.864. The van der Waals surface area contributed by atoms with Gasteiger partial charge in [-0.25, -0.2) is 0 Å². The van der Waals surface area contributed by atoms with Crippen molar-refractivity contribution < 1.29 is 119 Å². The monoisotopic (exact) mass is 1060 g/mol. The van der Waals surface area contributed by atoms with Crippen molar-refractivity contribution >= 4 is 34.8 Å². The Morgan fingerprint density at radius 1 is 0.227 bits per heavy atom. The lowest BCUT2D eigenvalue weighted by atomic mass is 9.71. The van der Waals surface area contributed by atoms with E-state index in [-0.39, 0.29) is 60.7 Å². The summed E-state index contributed by atoms with van der Waals surface area (Å²) >= 11 is 16.7. The summed E-state index contributed by atoms with van der Waals surface area (Å²) in [6.07, 6.45) is -24.3. The number of halogens is 30. The predicted octanol–water partition coefficient (Wildman–Crippen LogP) is 17.4. The van der Waals surface area contributed by atoms with Crippen LogP contribution in [-0.2, 0) is 17.8 Å². The van der Waals surface area contributed by atoms with Crippen LogP contribution in [0, 0.1) is 0 Å². The van der Waals surface area contributed by atoms with Crippen molar-refractivity contribution in [3.63, 3.8) is 0 Å². The van der Waals surface area contributed by atoms with Gasteiger partial charge in [-0.1, -0.05) is 71.2 Å². The highest BCUT2D eigenvalue weighted by atomic mass is 35.5. The van der Waals surface area contributed by atoms with Gasteiger partial charge in [0, 0.05) is 42.9 Å². The van der Waals surface area contributed by atoms with Crippen molar-refractivity contribution in [1.29, 1.82) is 0 Å². The third kappa shape index (κ3) is 8.01. The Labute approximate surface area is 362 Å². The molecule has 0 N–H and O–H groups in total. The van der Waals surface area contributed by atoms with E-state index in [9.17, 15) is 65.9 Å². The maximum Gasteiger partial charge on any atom is 0.460 e. The molecule has 0 saturated carbocycles. The van der Waals surface area contributed by atoms with Gasteiger partial charge in [-0.2, -0.15) is 119 Å². The van der Waals surface area contributed by atoms with E-state index in [0.717, 1.165) is 0 Å². The summed E-state index contributed by atoms with van der Waals surface area (Å²) in [6.45, 7) is 0. The molecule has 0 bridgehead atoms. The van der Waals surface area contributed by atoms with Crippen LogP contribution in [0.2, 0.25) is 15.1 Å². The van der Waals surface area contributed by atoms with Crippen molar-refractivity contribution in [3.05, 3.63) is 105 Å². The fourth-order valence-electron chi connectivity index (χ4n) is 6.00. The minimum Gasteiger partial charge on any atom is -0.194 e. The lowest BCUT2D eigenvalue weighted by Gasteiger charge is -2.42. The van der Waals surface area contributed by atoms with Crippen molar-refractivity contribution in [2.75, 3.05) is 0 Å². The molecule has 4 aromatic carbocycles. The minimum absolute atomic E-state index is 0.0229. The van der Waals surface area contributed by atoms with Crippen LogP contribution in [0.15, 0.2) is 72.8 Å². The van der Waals surface area contributed by atoms with Crippen molar-refractivity contribution in [1.82, 2.24) is 0 Å². The molecule has 0 amide bonds. The van der Waals surface area contributed by atoms with Gasteiger partial charge < -0.3 is 0 Å². The highest BCUT2D eigenvalue weighted by Crippen LogP contribution is 2.68. The zero-order chi connectivity index (χ0) is 51.4. The third-order valence-corrected chi connectivity index (χ3v) is 10.0. The van der Waals surface area contributed by atoms with Crippen molar-refractivity contribution in [2.45, 2.75) is 71.8 Å². The van der Waals surface area contributed by atoms with E-state index in [1.165, 1.54) is 0 Å². The van der Waals surface area contributed by atoms with Gasteiger partial charge in [0.1, 0.15) is 0 Å². The molecule has 0 aliphatic heterocycles. The topological polar surface area (TPSA) is 0 Å². The number of benzene rings is 4. The molecule has 0 saturated heterocycles. The molecule has 4 rings (SSSR count). The first-order chi connectivity index (χ1) is 29.2. The molecule has 0 atom stereocenters. The van der Waals surface area contributed by atoms with Gasteiger partial charge in [0.2, 0.25) is 0 Å². The third-order valence-electron chi connectivity index (χ3n) is 9.27. The van der Waals surface area contributed by atoms with Gasteiger partial charge >= 0.3 is 71.8 Å². The lowest BCUT2D eigenvalue weighted by molar-refractivity contribution is -0.404. The van der Waals surface area contributed by atoms with E-state index >= 15 is 52.7 Å². The minimum atomic E-state index is -8.81. The normalized spacial score (nSPS) is 14.8. The highest BCUT2D eigenvalue weighted by molar-refractivity contribution is 6.31. The molecule has 0 aliphatic rings. The van der Waals surface area contributed by atoms with E-state index < -0.39 is 149 Å². The number of hydrogen-bond acceptors (Lipinski definition) is 0. The quantitative estimate of drug-likeness (QED) is 0.124. The second kappa shape index (κ2) is 16.2. The Morgan fingerprint density at radius 3 is 0.636 bits per heavy atom. The molecule has 0 aromatic heterocycles. The Hall–Kier alpha value is -4.14. The van der Waals surface area contributed by atoms with Crippen LogP contribution < -0.4 is 0 Å². The molecular weight excluding hydrogens is 1050 g/mol. The number of alkyl halides is 27. The first-order valence-corrected chi connectivity index (χ1v) is 17.5. The molecule has 0 fully saturated rings. The van der Waals surface area contributed by atoms with Gasteiger partial charge in [-0.05, 0) is 58.7 Å². The number of hydrogen-bond donors (Lipinski definition) is 0. The first-order valence-electron chi connectivity index (χ1n) is 16.4. The van der Waals surface area contributed by atoms with E-state index in [0.29, 0.717) is 0 Å². The maximum atomic E-state index is 16.9.